The van der Waals surface area contributed by atoms with E-state index >= 15 is 0 Å². The maximum absolute atomic E-state index is 12.4. The van der Waals surface area contributed by atoms with Gasteiger partial charge in [-0.05, 0) is 19.9 Å². The van der Waals surface area contributed by atoms with Gasteiger partial charge in [0.1, 0.15) is 5.82 Å². The number of hydrogen-bond donors (Lipinski definition) is 1. The molecule has 9 nitrogen and oxygen atoms in total. The third-order valence-electron chi connectivity index (χ3n) is 3.20. The van der Waals surface area contributed by atoms with Crippen LogP contribution in [0.3, 0.4) is 0 Å². The second kappa shape index (κ2) is 7.72. The molecule has 0 radical (unpaired) electrons. The van der Waals surface area contributed by atoms with Gasteiger partial charge in [-0.15, -0.1) is 0 Å². The molecular weight excluding hydrogens is 323 g/mol. The molecule has 0 fully saturated rings. The lowest BCUT2D eigenvalue weighted by Gasteiger charge is -2.16. The number of nitrogens with two attached hydrogens (primary N) is 1. The molecule has 0 spiro atoms. The number of anilines is 1. The summed E-state index contributed by atoms with van der Waals surface area (Å²) < 4.78 is 24.2. The Balaban J connectivity index is 1.94. The number of hydrogen-bond acceptors (Lipinski definition) is 8. The Labute approximate surface area is 134 Å². The van der Waals surface area contributed by atoms with Crippen LogP contribution in [0, 0.1) is 0 Å². The third-order valence-corrected chi connectivity index (χ3v) is 5.28. The summed E-state index contributed by atoms with van der Waals surface area (Å²) in [5.74, 6) is 0.153. The van der Waals surface area contributed by atoms with Crippen LogP contribution < -0.4 is 11.4 Å². The van der Waals surface area contributed by atoms with Gasteiger partial charge in [0, 0.05) is 19.0 Å². The average Bonchev–Trinajstić information content (AvgIpc) is 2.94. The Hall–Kier alpha value is -1.70. The molecule has 0 unspecified atom stereocenters. The molecule has 0 amide bonds. The largest absolute Gasteiger partial charge is 0.383 e. The second-order valence-electron chi connectivity index (χ2n) is 4.88. The van der Waals surface area contributed by atoms with Crippen LogP contribution in [0.4, 0.5) is 5.82 Å². The van der Waals surface area contributed by atoms with Crippen molar-refractivity contribution in [2.45, 2.75) is 32.9 Å². The Morgan fingerprint density at radius 1 is 1.43 bits per heavy atom. The molecular formula is C13H21N4O5P. The molecule has 0 bridgehead atoms. The zero-order valence-corrected chi connectivity index (χ0v) is 14.1. The fourth-order valence-electron chi connectivity index (χ4n) is 2.18. The van der Waals surface area contributed by atoms with Crippen molar-refractivity contribution in [3.05, 3.63) is 22.7 Å². The lowest BCUT2D eigenvalue weighted by atomic mass is 10.2. The molecule has 0 saturated carbocycles. The molecule has 1 aliphatic heterocycles. The second-order valence-corrected chi connectivity index (χ2v) is 7.07. The maximum Gasteiger partial charge on any atom is 0.352 e. The topological polar surface area (TPSA) is 118 Å². The number of rotatable bonds is 8. The van der Waals surface area contributed by atoms with Crippen LogP contribution in [0.1, 0.15) is 32.9 Å². The molecule has 1 aromatic rings. The third kappa shape index (κ3) is 4.63. The van der Waals surface area contributed by atoms with E-state index in [1.54, 1.807) is 13.8 Å². The fraction of sp³-hybridized carbons (Fsp3) is 0.615. The molecule has 1 atom stereocenters. The summed E-state index contributed by atoms with van der Waals surface area (Å²) in [5.41, 5.74) is 5.65. The van der Waals surface area contributed by atoms with Gasteiger partial charge in [0.05, 0.1) is 25.1 Å². The minimum atomic E-state index is -3.11. The van der Waals surface area contributed by atoms with Crippen molar-refractivity contribution in [3.8, 4) is 0 Å². The SMILES string of the molecule is CCOP(=O)(CCC1=NO[C@H](n2ccc(N)nc2=O)C1)OCC. The highest BCUT2D eigenvalue weighted by molar-refractivity contribution is 7.53. The van der Waals surface area contributed by atoms with Crippen molar-refractivity contribution in [2.75, 3.05) is 25.1 Å². The van der Waals surface area contributed by atoms with E-state index in [2.05, 4.69) is 10.1 Å². The van der Waals surface area contributed by atoms with E-state index in [0.29, 0.717) is 31.8 Å². The molecule has 1 aromatic heterocycles. The predicted molar refractivity (Wildman–Crippen MR) is 85.4 cm³/mol. The van der Waals surface area contributed by atoms with E-state index in [9.17, 15) is 9.36 Å². The number of oxime groups is 1. The highest BCUT2D eigenvalue weighted by atomic mass is 31.2. The summed E-state index contributed by atoms with van der Waals surface area (Å²) in [6.07, 6.45) is 1.98. The van der Waals surface area contributed by atoms with Crippen LogP contribution in [0.2, 0.25) is 0 Å². The normalized spacial score (nSPS) is 17.8. The Morgan fingerprint density at radius 3 is 2.74 bits per heavy atom. The lowest BCUT2D eigenvalue weighted by molar-refractivity contribution is 0.0287. The first-order valence-electron chi connectivity index (χ1n) is 7.41. The summed E-state index contributed by atoms with van der Waals surface area (Å²) in [4.78, 5) is 20.7. The molecule has 2 N–H and O–H groups in total. The Bertz CT molecular complexity index is 665. The van der Waals surface area contributed by atoms with Crippen LogP contribution in [0.25, 0.3) is 0 Å². The van der Waals surface area contributed by atoms with Crippen LogP contribution >= 0.6 is 7.60 Å². The molecule has 23 heavy (non-hydrogen) atoms. The van der Waals surface area contributed by atoms with Crippen LogP contribution in [-0.2, 0) is 18.5 Å². The average molecular weight is 344 g/mol. The van der Waals surface area contributed by atoms with E-state index in [1.165, 1.54) is 16.8 Å². The van der Waals surface area contributed by atoms with Crippen molar-refractivity contribution in [1.82, 2.24) is 9.55 Å². The van der Waals surface area contributed by atoms with E-state index < -0.39 is 19.5 Å². The van der Waals surface area contributed by atoms with Crippen molar-refractivity contribution < 1.29 is 18.5 Å². The van der Waals surface area contributed by atoms with E-state index in [1.807, 2.05) is 0 Å². The minimum absolute atomic E-state index is 0.153. The number of nitrogens with zero attached hydrogens (tertiary/aromatic N) is 3. The van der Waals surface area contributed by atoms with Gasteiger partial charge in [0.15, 0.2) is 0 Å². The molecule has 2 rings (SSSR count). The lowest BCUT2D eigenvalue weighted by Crippen LogP contribution is -2.27. The smallest absolute Gasteiger partial charge is 0.352 e. The Kier molecular flexibility index (Phi) is 5.92. The number of nitrogen functional groups attached to an aromatic ring is 1. The van der Waals surface area contributed by atoms with Gasteiger partial charge in [-0.2, -0.15) is 4.98 Å². The van der Waals surface area contributed by atoms with Crippen molar-refractivity contribution in [2.24, 2.45) is 5.16 Å². The number of aromatic nitrogens is 2. The van der Waals surface area contributed by atoms with Gasteiger partial charge in [-0.1, -0.05) is 5.16 Å². The van der Waals surface area contributed by atoms with Gasteiger partial charge < -0.3 is 19.6 Å². The maximum atomic E-state index is 12.4. The molecule has 1 aliphatic rings. The van der Waals surface area contributed by atoms with Crippen LogP contribution in [0.15, 0.2) is 22.2 Å². The first-order chi connectivity index (χ1) is 11.0. The van der Waals surface area contributed by atoms with Crippen molar-refractivity contribution in [3.63, 3.8) is 0 Å². The van der Waals surface area contributed by atoms with E-state index in [4.69, 9.17) is 19.6 Å². The molecule has 0 aromatic carbocycles. The minimum Gasteiger partial charge on any atom is -0.383 e. The summed E-state index contributed by atoms with van der Waals surface area (Å²) in [5, 5.41) is 3.95. The van der Waals surface area contributed by atoms with Crippen LogP contribution in [0.5, 0.6) is 0 Å². The van der Waals surface area contributed by atoms with E-state index in [-0.39, 0.29) is 12.0 Å². The fourth-order valence-corrected chi connectivity index (χ4v) is 3.83. The zero-order chi connectivity index (χ0) is 16.9. The van der Waals surface area contributed by atoms with Crippen molar-refractivity contribution in [1.29, 1.82) is 0 Å². The van der Waals surface area contributed by atoms with Crippen LogP contribution in [-0.4, -0.2) is 34.6 Å². The van der Waals surface area contributed by atoms with Gasteiger partial charge in [0.2, 0.25) is 6.23 Å². The summed E-state index contributed by atoms with van der Waals surface area (Å²) in [7, 11) is -3.11. The van der Waals surface area contributed by atoms with Gasteiger partial charge in [-0.3, -0.25) is 9.13 Å². The first kappa shape index (κ1) is 17.7. The molecule has 128 valence electrons. The molecule has 0 saturated heterocycles. The monoisotopic (exact) mass is 344 g/mol. The summed E-state index contributed by atoms with van der Waals surface area (Å²) in [6.45, 7) is 4.15. The van der Waals surface area contributed by atoms with Crippen molar-refractivity contribution >= 4 is 19.1 Å². The standard InChI is InChI=1S/C13H21N4O5P/c1-3-20-23(19,21-4-2)8-6-10-9-12(22-16-10)17-7-5-11(14)15-13(17)18/h5,7,12H,3-4,6,8-9H2,1-2H3,(H2,14,15,18)/t12-/m0/s1. The Morgan fingerprint density at radius 2 is 2.13 bits per heavy atom. The van der Waals surface area contributed by atoms with Gasteiger partial charge in [0.25, 0.3) is 0 Å². The highest BCUT2D eigenvalue weighted by Crippen LogP contribution is 2.48. The van der Waals surface area contributed by atoms with E-state index in [0.717, 1.165) is 0 Å². The highest BCUT2D eigenvalue weighted by Gasteiger charge is 2.28. The summed E-state index contributed by atoms with van der Waals surface area (Å²) >= 11 is 0. The quantitative estimate of drug-likeness (QED) is 0.714. The molecule has 2 heterocycles. The summed E-state index contributed by atoms with van der Waals surface area (Å²) in [6, 6.07) is 1.52. The zero-order valence-electron chi connectivity index (χ0n) is 13.2. The van der Waals surface area contributed by atoms with Gasteiger partial charge >= 0.3 is 13.3 Å². The predicted octanol–water partition coefficient (Wildman–Crippen LogP) is 1.76. The van der Waals surface area contributed by atoms with Gasteiger partial charge in [-0.25, -0.2) is 4.79 Å². The molecule has 0 aliphatic carbocycles. The first-order valence-corrected chi connectivity index (χ1v) is 9.14. The molecule has 10 heteroatoms.